The van der Waals surface area contributed by atoms with Crippen molar-refractivity contribution in [3.05, 3.63) is 111 Å². The molecule has 0 aliphatic heterocycles. The molecule has 0 saturated heterocycles. The maximum absolute atomic E-state index is 15.1. The van der Waals surface area contributed by atoms with Crippen LogP contribution < -0.4 is 5.32 Å². The predicted molar refractivity (Wildman–Crippen MR) is 220 cm³/mol. The van der Waals surface area contributed by atoms with Gasteiger partial charge in [-0.1, -0.05) is 66.6 Å². The molecule has 10 rings (SSSR count). The van der Waals surface area contributed by atoms with Gasteiger partial charge in [-0.05, 0) is 161 Å². The number of hydrogen-bond acceptors (Lipinski definition) is 4. The summed E-state index contributed by atoms with van der Waals surface area (Å²) < 4.78 is 15.1. The monoisotopic (exact) mass is 780 g/mol. The third kappa shape index (κ3) is 7.85. The molecule has 56 heavy (non-hydrogen) atoms. The highest BCUT2D eigenvalue weighted by atomic mass is 35.5. The molecule has 6 bridgehead atoms. The second-order valence-electron chi connectivity index (χ2n) is 18.8. The first kappa shape index (κ1) is 39.3. The molecule has 4 unspecified atom stereocenters. The lowest BCUT2D eigenvalue weighted by Crippen LogP contribution is -2.58. The number of fused-ring (bicyclic) bond motifs is 8. The number of ketones is 1. The summed E-state index contributed by atoms with van der Waals surface area (Å²) in [6, 6.07) is 19.8. The number of allylic oxidation sites excluding steroid dienone is 2. The molecule has 0 radical (unpaired) electrons. The quantitative estimate of drug-likeness (QED) is 0.157. The van der Waals surface area contributed by atoms with Crippen LogP contribution in [0.15, 0.2) is 78.4 Å². The minimum absolute atomic E-state index is 0.0646. The van der Waals surface area contributed by atoms with Gasteiger partial charge in [0.2, 0.25) is 0 Å². The predicted octanol–water partition coefficient (Wildman–Crippen LogP) is 10.7. The molecule has 298 valence electrons. The third-order valence-electron chi connectivity index (χ3n) is 14.8. The molecule has 8 heteroatoms. The summed E-state index contributed by atoms with van der Waals surface area (Å²) in [5.74, 6) is 1.21. The zero-order valence-corrected chi connectivity index (χ0v) is 33.8. The highest BCUT2D eigenvalue weighted by Gasteiger charge is 2.59. The van der Waals surface area contributed by atoms with Crippen molar-refractivity contribution in [2.24, 2.45) is 28.6 Å². The number of rotatable bonds is 8. The number of para-hydroxylation sites is 1. The van der Waals surface area contributed by atoms with Crippen LogP contribution >= 0.6 is 11.6 Å². The number of anilines is 1. The lowest BCUT2D eigenvalue weighted by molar-refractivity contribution is -0.0975. The van der Waals surface area contributed by atoms with Crippen molar-refractivity contribution >= 4 is 29.1 Å². The standard InChI is InChI=1S/C48H58ClFN2O4/c1-31-8-7-18-46(2)41(38-16-14-32(23-37(53)15-13-31)24-39(38)44(54)25-40-42(49)11-6-12-43(40)50)17-19-48(46,56)30-52(45(55)51-36-9-4-3-5-10-36)29-47-26-33-20-34(27-47)22-35(21-33)28-47/h3-6,8-12,14,16,24,33-35,37,41,53,56H,7,13,15,17-23,25-30H2,1-2H3,(H,51,55). The van der Waals surface area contributed by atoms with Crippen molar-refractivity contribution in [1.82, 2.24) is 4.90 Å². The summed E-state index contributed by atoms with van der Waals surface area (Å²) in [6.45, 7) is 5.10. The lowest BCUT2D eigenvalue weighted by Gasteiger charge is -2.58. The van der Waals surface area contributed by atoms with Crippen LogP contribution in [0.1, 0.15) is 124 Å². The van der Waals surface area contributed by atoms with Crippen LogP contribution in [0.5, 0.6) is 0 Å². The summed E-state index contributed by atoms with van der Waals surface area (Å²) in [4.78, 5) is 30.9. The molecule has 0 aromatic heterocycles. The Balaban J connectivity index is 1.17. The number of Topliss-reactive ketones (excluding diaryl/α,β-unsaturated/α-hetero) is 1. The molecule has 0 spiro atoms. The highest BCUT2D eigenvalue weighted by molar-refractivity contribution is 6.31. The van der Waals surface area contributed by atoms with Gasteiger partial charge in [-0.25, -0.2) is 9.18 Å². The van der Waals surface area contributed by atoms with Crippen LogP contribution in [0.2, 0.25) is 5.02 Å². The smallest absolute Gasteiger partial charge is 0.321 e. The van der Waals surface area contributed by atoms with Gasteiger partial charge in [0.25, 0.3) is 0 Å². The van der Waals surface area contributed by atoms with Gasteiger partial charge in [-0.3, -0.25) is 4.79 Å². The van der Waals surface area contributed by atoms with Crippen LogP contribution in [-0.4, -0.2) is 51.7 Å². The molecule has 5 fully saturated rings. The van der Waals surface area contributed by atoms with Crippen molar-refractivity contribution < 1.29 is 24.2 Å². The van der Waals surface area contributed by atoms with E-state index in [4.69, 9.17) is 11.6 Å². The first-order chi connectivity index (χ1) is 26.8. The van der Waals surface area contributed by atoms with E-state index in [0.717, 1.165) is 60.3 Å². The molecule has 3 N–H and O–H groups in total. The van der Waals surface area contributed by atoms with E-state index in [-0.39, 0.29) is 46.7 Å². The molecule has 5 saturated carbocycles. The number of halogens is 2. The SMILES string of the molecule is CC1=CCCC2(C)C(CCC2(O)CN(CC23CC4CC(CC(C4)C2)C3)C(=O)Nc2ccccc2)c2ccc(cc2C(=O)Cc2c(F)cccc2Cl)CC(O)CC1. The number of amides is 2. The summed E-state index contributed by atoms with van der Waals surface area (Å²) in [5, 5.41) is 27.7. The fourth-order valence-corrected chi connectivity index (χ4v) is 12.6. The van der Waals surface area contributed by atoms with Crippen molar-refractivity contribution in [3.8, 4) is 0 Å². The average molecular weight is 781 g/mol. The number of aliphatic hydroxyl groups is 2. The molecular weight excluding hydrogens is 723 g/mol. The second kappa shape index (κ2) is 15.7. The van der Waals surface area contributed by atoms with Crippen molar-refractivity contribution in [3.63, 3.8) is 0 Å². The van der Waals surface area contributed by atoms with Gasteiger partial charge in [-0.2, -0.15) is 0 Å². The van der Waals surface area contributed by atoms with E-state index in [1.807, 2.05) is 53.4 Å². The fourth-order valence-electron chi connectivity index (χ4n) is 12.3. The van der Waals surface area contributed by atoms with Gasteiger partial charge in [0.15, 0.2) is 5.78 Å². The first-order valence-corrected chi connectivity index (χ1v) is 21.5. The van der Waals surface area contributed by atoms with Crippen molar-refractivity contribution in [1.29, 1.82) is 0 Å². The van der Waals surface area contributed by atoms with E-state index in [9.17, 15) is 19.8 Å². The molecule has 7 aliphatic carbocycles. The number of carbonyl (C=O) groups is 2. The van der Waals surface area contributed by atoms with Gasteiger partial charge >= 0.3 is 6.03 Å². The van der Waals surface area contributed by atoms with E-state index in [0.29, 0.717) is 50.6 Å². The molecule has 6 nitrogen and oxygen atoms in total. The van der Waals surface area contributed by atoms with Gasteiger partial charge < -0.3 is 20.4 Å². The van der Waals surface area contributed by atoms with E-state index >= 15 is 4.39 Å². The van der Waals surface area contributed by atoms with Crippen LogP contribution in [0.4, 0.5) is 14.9 Å². The van der Waals surface area contributed by atoms with Gasteiger partial charge in [0, 0.05) is 40.2 Å². The van der Waals surface area contributed by atoms with Gasteiger partial charge in [0.05, 0.1) is 18.2 Å². The van der Waals surface area contributed by atoms with E-state index in [1.54, 1.807) is 6.07 Å². The average Bonchev–Trinajstić information content (AvgIpc) is 3.40. The number of carbonyl (C=O) groups excluding carboxylic acids is 2. The normalized spacial score (nSPS) is 32.4. The van der Waals surface area contributed by atoms with Crippen LogP contribution in [-0.2, 0) is 12.8 Å². The van der Waals surface area contributed by atoms with Gasteiger partial charge in [-0.15, -0.1) is 0 Å². The van der Waals surface area contributed by atoms with E-state index < -0.39 is 22.9 Å². The largest absolute Gasteiger partial charge is 0.393 e. The van der Waals surface area contributed by atoms with Crippen LogP contribution in [0.3, 0.4) is 0 Å². The van der Waals surface area contributed by atoms with Crippen molar-refractivity contribution in [2.45, 2.75) is 121 Å². The van der Waals surface area contributed by atoms with Crippen molar-refractivity contribution in [2.75, 3.05) is 18.4 Å². The Morgan fingerprint density at radius 3 is 2.34 bits per heavy atom. The number of urea groups is 1. The molecule has 0 heterocycles. The number of benzene rings is 3. The Bertz CT molecular complexity index is 1930. The topological polar surface area (TPSA) is 89.9 Å². The summed E-state index contributed by atoms with van der Waals surface area (Å²) in [7, 11) is 0. The van der Waals surface area contributed by atoms with Crippen LogP contribution in [0, 0.1) is 34.4 Å². The van der Waals surface area contributed by atoms with E-state index in [1.165, 1.54) is 37.0 Å². The lowest BCUT2D eigenvalue weighted by atomic mass is 9.49. The number of nitrogens with zero attached hydrogens (tertiary/aromatic N) is 1. The Labute approximate surface area is 336 Å². The molecule has 4 atom stereocenters. The Morgan fingerprint density at radius 2 is 1.64 bits per heavy atom. The zero-order chi connectivity index (χ0) is 39.2. The highest BCUT2D eigenvalue weighted by Crippen LogP contribution is 2.62. The summed E-state index contributed by atoms with van der Waals surface area (Å²) in [5.41, 5.74) is 2.37. The third-order valence-corrected chi connectivity index (χ3v) is 15.2. The van der Waals surface area contributed by atoms with E-state index in [2.05, 4.69) is 25.2 Å². The Kier molecular flexibility index (Phi) is 11.0. The molecule has 7 aliphatic rings. The van der Waals surface area contributed by atoms with Crippen LogP contribution in [0.25, 0.3) is 0 Å². The van der Waals surface area contributed by atoms with Gasteiger partial charge in [0.1, 0.15) is 5.82 Å². The number of aliphatic hydroxyl groups excluding tert-OH is 1. The molecule has 3 aromatic carbocycles. The molecular formula is C48H58ClFN2O4. The first-order valence-electron chi connectivity index (χ1n) is 21.1. The molecule has 2 amide bonds. The summed E-state index contributed by atoms with van der Waals surface area (Å²) in [6.07, 6.45) is 13.1. The minimum atomic E-state index is -1.25. The minimum Gasteiger partial charge on any atom is -0.393 e. The Morgan fingerprint density at radius 1 is 0.929 bits per heavy atom. The summed E-state index contributed by atoms with van der Waals surface area (Å²) >= 11 is 6.44. The Hall–Kier alpha value is -3.52. The zero-order valence-electron chi connectivity index (χ0n) is 33.0. The maximum Gasteiger partial charge on any atom is 0.321 e. The fraction of sp³-hybridized carbons (Fsp3) is 0.542. The molecule has 3 aromatic rings. The maximum atomic E-state index is 15.1. The number of hydrogen-bond donors (Lipinski definition) is 3. The number of nitrogens with one attached hydrogen (secondary N) is 1. The second-order valence-corrected chi connectivity index (χ2v) is 19.2.